The van der Waals surface area contributed by atoms with Crippen LogP contribution in [0.3, 0.4) is 0 Å². The highest BCUT2D eigenvalue weighted by molar-refractivity contribution is 5.68. The molecule has 7 heteroatoms. The van der Waals surface area contributed by atoms with Crippen LogP contribution in [0.4, 0.5) is 18.0 Å². The number of carbonyl (C=O) groups excluding carboxylic acids is 1. The summed E-state index contributed by atoms with van der Waals surface area (Å²) in [5.74, 6) is 0.427. The van der Waals surface area contributed by atoms with Crippen LogP contribution in [0.5, 0.6) is 5.75 Å². The molecule has 1 saturated carbocycles. The van der Waals surface area contributed by atoms with E-state index in [1.54, 1.807) is 20.8 Å². The molecule has 0 atom stereocenters. The molecule has 0 bridgehead atoms. The minimum atomic E-state index is -4.34. The van der Waals surface area contributed by atoms with E-state index < -0.39 is 23.4 Å². The molecule has 1 amide bonds. The average molecular weight is 359 g/mol. The van der Waals surface area contributed by atoms with Gasteiger partial charge in [-0.1, -0.05) is 0 Å². The summed E-state index contributed by atoms with van der Waals surface area (Å²) in [4.78, 5) is 11.8. The first-order chi connectivity index (χ1) is 11.5. The van der Waals surface area contributed by atoms with Crippen LogP contribution >= 0.6 is 0 Å². The van der Waals surface area contributed by atoms with Crippen LogP contribution in [0.1, 0.15) is 52.0 Å². The van der Waals surface area contributed by atoms with Gasteiger partial charge in [0.1, 0.15) is 11.4 Å². The summed E-state index contributed by atoms with van der Waals surface area (Å²) in [5, 5.41) is 2.84. The van der Waals surface area contributed by atoms with E-state index >= 15 is 0 Å². The molecule has 0 saturated heterocycles. The second kappa shape index (κ2) is 7.54. The molecule has 1 aliphatic carbocycles. The van der Waals surface area contributed by atoms with Gasteiger partial charge in [-0.25, -0.2) is 4.79 Å². The summed E-state index contributed by atoms with van der Waals surface area (Å²) < 4.78 is 48.6. The van der Waals surface area contributed by atoms with Crippen molar-refractivity contribution in [2.45, 2.75) is 70.4 Å². The maximum atomic E-state index is 12.5. The molecule has 1 aliphatic rings. The van der Waals surface area contributed by atoms with Crippen molar-refractivity contribution in [2.24, 2.45) is 0 Å². The highest BCUT2D eigenvalue weighted by Gasteiger charge is 2.30. The second-order valence-electron chi connectivity index (χ2n) is 7.26. The topological polar surface area (TPSA) is 47.6 Å². The molecule has 1 fully saturated rings. The lowest BCUT2D eigenvalue weighted by molar-refractivity contribution is -0.137. The minimum Gasteiger partial charge on any atom is -0.490 e. The van der Waals surface area contributed by atoms with Gasteiger partial charge < -0.3 is 14.8 Å². The van der Waals surface area contributed by atoms with Gasteiger partial charge in [-0.15, -0.1) is 0 Å². The Labute approximate surface area is 145 Å². The maximum absolute atomic E-state index is 12.5. The molecular weight excluding hydrogens is 335 g/mol. The first-order valence-electron chi connectivity index (χ1n) is 8.36. The van der Waals surface area contributed by atoms with Gasteiger partial charge in [-0.2, -0.15) is 13.2 Å². The number of nitrogens with one attached hydrogen (secondary N) is 1. The van der Waals surface area contributed by atoms with Crippen molar-refractivity contribution < 1.29 is 27.4 Å². The molecule has 1 aromatic carbocycles. The number of amides is 1. The lowest BCUT2D eigenvalue weighted by atomic mass is 9.93. The van der Waals surface area contributed by atoms with Crippen molar-refractivity contribution in [3.05, 3.63) is 29.8 Å². The number of halogens is 3. The number of alkyl carbamates (subject to hydrolysis) is 1. The van der Waals surface area contributed by atoms with Crippen LogP contribution in [0.25, 0.3) is 0 Å². The first kappa shape index (κ1) is 19.4. The zero-order valence-electron chi connectivity index (χ0n) is 14.7. The normalized spacial score (nSPS) is 21.5. The predicted molar refractivity (Wildman–Crippen MR) is 87.5 cm³/mol. The molecule has 0 aromatic heterocycles. The van der Waals surface area contributed by atoms with E-state index in [-0.39, 0.29) is 12.1 Å². The molecule has 25 heavy (non-hydrogen) atoms. The Hall–Kier alpha value is -1.92. The van der Waals surface area contributed by atoms with Gasteiger partial charge in [-0.3, -0.25) is 0 Å². The minimum absolute atomic E-state index is 0.0299. The molecule has 0 heterocycles. The number of carbonyl (C=O) groups is 1. The van der Waals surface area contributed by atoms with Gasteiger partial charge in [0.25, 0.3) is 0 Å². The third-order valence-electron chi connectivity index (χ3n) is 3.88. The van der Waals surface area contributed by atoms with E-state index in [1.807, 2.05) is 0 Å². The molecule has 2 rings (SSSR count). The number of alkyl halides is 3. The number of ether oxygens (including phenoxy) is 2. The van der Waals surface area contributed by atoms with Gasteiger partial charge >= 0.3 is 12.3 Å². The largest absolute Gasteiger partial charge is 0.490 e. The van der Waals surface area contributed by atoms with E-state index in [0.717, 1.165) is 37.8 Å². The Kier molecular flexibility index (Phi) is 5.85. The molecule has 0 radical (unpaired) electrons. The van der Waals surface area contributed by atoms with Gasteiger partial charge in [0.15, 0.2) is 0 Å². The standard InChI is InChI=1S/C18H24F3NO3/c1-17(2,3)25-16(23)22-13-6-10-15(11-7-13)24-14-8-4-12(5-9-14)18(19,20)21/h4-5,8-9,13,15H,6-7,10-11H2,1-3H3,(H,22,23). The van der Waals surface area contributed by atoms with Gasteiger partial charge in [0.05, 0.1) is 11.7 Å². The zero-order chi connectivity index (χ0) is 18.7. The Balaban J connectivity index is 1.78. The van der Waals surface area contributed by atoms with E-state index in [4.69, 9.17) is 9.47 Å². The number of benzene rings is 1. The van der Waals surface area contributed by atoms with E-state index in [2.05, 4.69) is 5.32 Å². The van der Waals surface area contributed by atoms with Gasteiger partial charge in [0.2, 0.25) is 0 Å². The van der Waals surface area contributed by atoms with Crippen molar-refractivity contribution in [2.75, 3.05) is 0 Å². The summed E-state index contributed by atoms with van der Waals surface area (Å²) in [6.45, 7) is 5.42. The molecule has 4 nitrogen and oxygen atoms in total. The Morgan fingerprint density at radius 3 is 2.08 bits per heavy atom. The molecule has 0 aliphatic heterocycles. The lowest BCUT2D eigenvalue weighted by Crippen LogP contribution is -2.42. The molecule has 1 aromatic rings. The maximum Gasteiger partial charge on any atom is 0.416 e. The summed E-state index contributed by atoms with van der Waals surface area (Å²) in [6.07, 6.45) is -1.91. The number of hydrogen-bond donors (Lipinski definition) is 1. The summed E-state index contributed by atoms with van der Waals surface area (Å²) in [5.41, 5.74) is -1.22. The Bertz CT molecular complexity index is 571. The number of hydrogen-bond acceptors (Lipinski definition) is 3. The van der Waals surface area contributed by atoms with E-state index in [0.29, 0.717) is 5.75 Å². The fourth-order valence-corrected chi connectivity index (χ4v) is 2.71. The molecular formula is C18H24F3NO3. The quantitative estimate of drug-likeness (QED) is 0.833. The third-order valence-corrected chi connectivity index (χ3v) is 3.88. The highest BCUT2D eigenvalue weighted by atomic mass is 19.4. The third kappa shape index (κ3) is 6.48. The molecule has 0 spiro atoms. The lowest BCUT2D eigenvalue weighted by Gasteiger charge is -2.30. The predicted octanol–water partition coefficient (Wildman–Crippen LogP) is 4.92. The van der Waals surface area contributed by atoms with Crippen molar-refractivity contribution in [3.63, 3.8) is 0 Å². The summed E-state index contributed by atoms with van der Waals surface area (Å²) in [6, 6.07) is 4.75. The van der Waals surface area contributed by atoms with Crippen LogP contribution in [0.15, 0.2) is 24.3 Å². The van der Waals surface area contributed by atoms with Crippen LogP contribution in [0.2, 0.25) is 0 Å². The van der Waals surface area contributed by atoms with Crippen molar-refractivity contribution in [1.82, 2.24) is 5.32 Å². The van der Waals surface area contributed by atoms with Crippen molar-refractivity contribution >= 4 is 6.09 Å². The number of rotatable bonds is 3. The van der Waals surface area contributed by atoms with Crippen LogP contribution in [-0.4, -0.2) is 23.8 Å². The van der Waals surface area contributed by atoms with Crippen molar-refractivity contribution in [1.29, 1.82) is 0 Å². The Morgan fingerprint density at radius 1 is 1.04 bits per heavy atom. The van der Waals surface area contributed by atoms with E-state index in [9.17, 15) is 18.0 Å². The van der Waals surface area contributed by atoms with E-state index in [1.165, 1.54) is 12.1 Å². The average Bonchev–Trinajstić information content (AvgIpc) is 2.47. The van der Waals surface area contributed by atoms with Crippen LogP contribution < -0.4 is 10.1 Å². The van der Waals surface area contributed by atoms with Crippen LogP contribution in [-0.2, 0) is 10.9 Å². The summed E-state index contributed by atoms with van der Waals surface area (Å²) >= 11 is 0. The first-order valence-corrected chi connectivity index (χ1v) is 8.36. The SMILES string of the molecule is CC(C)(C)OC(=O)NC1CCC(Oc2ccc(C(F)(F)F)cc2)CC1. The monoisotopic (exact) mass is 359 g/mol. The second-order valence-corrected chi connectivity index (χ2v) is 7.26. The zero-order valence-corrected chi connectivity index (χ0v) is 14.7. The van der Waals surface area contributed by atoms with Gasteiger partial charge in [-0.05, 0) is 70.7 Å². The Morgan fingerprint density at radius 2 is 1.60 bits per heavy atom. The fourth-order valence-electron chi connectivity index (χ4n) is 2.71. The molecule has 0 unspecified atom stereocenters. The molecule has 1 N–H and O–H groups in total. The van der Waals surface area contributed by atoms with Crippen molar-refractivity contribution in [3.8, 4) is 5.75 Å². The smallest absolute Gasteiger partial charge is 0.416 e. The van der Waals surface area contributed by atoms with Gasteiger partial charge in [0, 0.05) is 6.04 Å². The summed E-state index contributed by atoms with van der Waals surface area (Å²) in [7, 11) is 0. The highest BCUT2D eigenvalue weighted by Crippen LogP contribution is 2.31. The fraction of sp³-hybridized carbons (Fsp3) is 0.611. The van der Waals surface area contributed by atoms with Crippen LogP contribution in [0, 0.1) is 0 Å². The molecule has 140 valence electrons.